The lowest BCUT2D eigenvalue weighted by Gasteiger charge is -2.22. The molecule has 0 radical (unpaired) electrons. The molecule has 1 aromatic heterocycles. The van der Waals surface area contributed by atoms with Gasteiger partial charge in [0.25, 0.3) is 5.56 Å². The van der Waals surface area contributed by atoms with E-state index >= 15 is 0 Å². The molecule has 0 spiro atoms. The number of halogens is 2. The number of ether oxygens (including phenoxy) is 1. The molecule has 5 rings (SSSR count). The number of nitro benzene ring substituents is 1. The summed E-state index contributed by atoms with van der Waals surface area (Å²) in [5, 5.41) is 16.9. The van der Waals surface area contributed by atoms with Gasteiger partial charge in [0.2, 0.25) is 5.75 Å². The molecule has 0 N–H and O–H groups in total. The number of nitrogens with zero attached hydrogens (tertiary/aromatic N) is 4. The van der Waals surface area contributed by atoms with Crippen LogP contribution in [0.1, 0.15) is 60.5 Å². The fourth-order valence-electron chi connectivity index (χ4n) is 4.82. The van der Waals surface area contributed by atoms with Crippen LogP contribution in [-0.4, -0.2) is 20.8 Å². The number of aryl methyl sites for hydroxylation is 1. The highest BCUT2D eigenvalue weighted by atomic mass is 79.9. The second kappa shape index (κ2) is 11.8. The molecular weight excluding hydrogens is 628 g/mol. The Balaban J connectivity index is 1.52. The zero-order valence-electron chi connectivity index (χ0n) is 21.3. The lowest BCUT2D eigenvalue weighted by molar-refractivity contribution is -0.386. The molecule has 4 aromatic rings. The third-order valence-corrected chi connectivity index (χ3v) is 7.96. The summed E-state index contributed by atoms with van der Waals surface area (Å²) in [6, 6.07) is 16.3. The Morgan fingerprint density at radius 3 is 2.56 bits per heavy atom. The quantitative estimate of drug-likeness (QED) is 0.116. The minimum Gasteiger partial charge on any atom is -0.481 e. The second-order valence-electron chi connectivity index (χ2n) is 9.71. The predicted molar refractivity (Wildman–Crippen MR) is 159 cm³/mol. The van der Waals surface area contributed by atoms with E-state index in [-0.39, 0.29) is 29.5 Å². The van der Waals surface area contributed by atoms with Crippen LogP contribution in [0.5, 0.6) is 5.75 Å². The van der Waals surface area contributed by atoms with Crippen molar-refractivity contribution in [2.75, 3.05) is 0 Å². The van der Waals surface area contributed by atoms with Crippen molar-refractivity contribution in [2.24, 2.45) is 5.10 Å². The normalized spacial score (nSPS) is 14.2. The van der Waals surface area contributed by atoms with Crippen molar-refractivity contribution in [3.8, 4) is 5.75 Å². The Hall–Kier alpha value is -3.37. The average Bonchev–Trinajstić information content (AvgIpc) is 2.93. The maximum Gasteiger partial charge on any atom is 0.312 e. The first-order chi connectivity index (χ1) is 18.8. The van der Waals surface area contributed by atoms with E-state index in [0.29, 0.717) is 26.8 Å². The summed E-state index contributed by atoms with van der Waals surface area (Å²) in [6.45, 7) is 2.18. The minimum absolute atomic E-state index is 0.121. The Morgan fingerprint density at radius 2 is 1.85 bits per heavy atom. The summed E-state index contributed by atoms with van der Waals surface area (Å²) < 4.78 is 8.40. The fraction of sp³-hybridized carbons (Fsp3) is 0.276. The molecule has 1 heterocycles. The molecule has 39 heavy (non-hydrogen) atoms. The van der Waals surface area contributed by atoms with E-state index in [1.807, 2.05) is 43.3 Å². The molecule has 0 unspecified atom stereocenters. The highest BCUT2D eigenvalue weighted by Crippen LogP contribution is 2.37. The molecule has 0 saturated heterocycles. The zero-order chi connectivity index (χ0) is 27.5. The Kier molecular flexibility index (Phi) is 8.23. The summed E-state index contributed by atoms with van der Waals surface area (Å²) in [5.41, 5.74) is 2.63. The second-order valence-corrected chi connectivity index (χ2v) is 11.5. The van der Waals surface area contributed by atoms with Gasteiger partial charge in [-0.05, 0) is 65.5 Å². The average molecular weight is 654 g/mol. The highest BCUT2D eigenvalue weighted by Gasteiger charge is 2.23. The van der Waals surface area contributed by atoms with Gasteiger partial charge in [0, 0.05) is 22.0 Å². The van der Waals surface area contributed by atoms with Crippen LogP contribution < -0.4 is 10.3 Å². The van der Waals surface area contributed by atoms with E-state index in [0.717, 1.165) is 41.3 Å². The van der Waals surface area contributed by atoms with Gasteiger partial charge in [-0.3, -0.25) is 14.9 Å². The fourth-order valence-corrected chi connectivity index (χ4v) is 5.76. The maximum atomic E-state index is 13.6. The van der Waals surface area contributed by atoms with Gasteiger partial charge in [-0.2, -0.15) is 9.78 Å². The first-order valence-corrected chi connectivity index (χ1v) is 14.3. The zero-order valence-corrected chi connectivity index (χ0v) is 24.4. The van der Waals surface area contributed by atoms with Crippen molar-refractivity contribution < 1.29 is 9.66 Å². The van der Waals surface area contributed by atoms with Crippen molar-refractivity contribution in [3.05, 3.63) is 107 Å². The summed E-state index contributed by atoms with van der Waals surface area (Å²) in [5.74, 6) is 0.877. The SMILES string of the molecule is Cc1ccc(COc2c(Br)cc(C=Nn3c(C4CCCCC4)nc4ccc(Br)cc4c3=O)cc2[N+](=O)[O-])cc1. The molecule has 0 bridgehead atoms. The van der Waals surface area contributed by atoms with Crippen LogP contribution in [0.15, 0.2) is 73.4 Å². The number of aromatic nitrogens is 2. The number of fused-ring (bicyclic) bond motifs is 1. The number of hydrogen-bond acceptors (Lipinski definition) is 6. The van der Waals surface area contributed by atoms with Gasteiger partial charge < -0.3 is 4.74 Å². The lowest BCUT2D eigenvalue weighted by Crippen LogP contribution is -2.25. The largest absolute Gasteiger partial charge is 0.481 e. The van der Waals surface area contributed by atoms with Gasteiger partial charge in [0.15, 0.2) is 0 Å². The molecule has 0 amide bonds. The summed E-state index contributed by atoms with van der Waals surface area (Å²) >= 11 is 6.87. The molecule has 0 aliphatic heterocycles. The van der Waals surface area contributed by atoms with Gasteiger partial charge >= 0.3 is 5.69 Å². The maximum absolute atomic E-state index is 13.6. The van der Waals surface area contributed by atoms with Crippen LogP contribution in [0.3, 0.4) is 0 Å². The van der Waals surface area contributed by atoms with E-state index in [9.17, 15) is 14.9 Å². The van der Waals surface area contributed by atoms with E-state index in [1.165, 1.54) is 23.4 Å². The highest BCUT2D eigenvalue weighted by molar-refractivity contribution is 9.10. The number of hydrogen-bond donors (Lipinski definition) is 0. The minimum atomic E-state index is -0.485. The van der Waals surface area contributed by atoms with Crippen LogP contribution in [0.2, 0.25) is 0 Å². The molecule has 10 heteroatoms. The molecule has 1 aliphatic rings. The van der Waals surface area contributed by atoms with Crippen LogP contribution in [0.4, 0.5) is 5.69 Å². The van der Waals surface area contributed by atoms with Crippen LogP contribution >= 0.6 is 31.9 Å². The first kappa shape index (κ1) is 27.2. The number of nitro groups is 1. The molecule has 0 atom stereocenters. The molecule has 1 saturated carbocycles. The van der Waals surface area contributed by atoms with Crippen LogP contribution in [-0.2, 0) is 6.61 Å². The van der Waals surface area contributed by atoms with E-state index in [1.54, 1.807) is 12.1 Å². The molecule has 3 aromatic carbocycles. The van der Waals surface area contributed by atoms with Gasteiger partial charge in [-0.15, -0.1) is 0 Å². The Bertz CT molecular complexity index is 1630. The summed E-state index contributed by atoms with van der Waals surface area (Å²) in [6.07, 6.45) is 6.65. The summed E-state index contributed by atoms with van der Waals surface area (Å²) in [4.78, 5) is 29.8. The smallest absolute Gasteiger partial charge is 0.312 e. The van der Waals surface area contributed by atoms with Gasteiger partial charge in [0.1, 0.15) is 12.4 Å². The topological polar surface area (TPSA) is 99.6 Å². The van der Waals surface area contributed by atoms with Crippen molar-refractivity contribution in [3.63, 3.8) is 0 Å². The molecule has 1 aliphatic carbocycles. The number of benzene rings is 3. The monoisotopic (exact) mass is 652 g/mol. The summed E-state index contributed by atoms with van der Waals surface area (Å²) in [7, 11) is 0. The molecule has 8 nitrogen and oxygen atoms in total. The van der Waals surface area contributed by atoms with Crippen LogP contribution in [0, 0.1) is 17.0 Å². The van der Waals surface area contributed by atoms with Crippen molar-refractivity contribution in [1.82, 2.24) is 9.66 Å². The predicted octanol–water partition coefficient (Wildman–Crippen LogP) is 7.65. The third-order valence-electron chi connectivity index (χ3n) is 6.87. The van der Waals surface area contributed by atoms with Gasteiger partial charge in [-0.1, -0.05) is 65.0 Å². The third kappa shape index (κ3) is 6.12. The van der Waals surface area contributed by atoms with E-state index < -0.39 is 4.92 Å². The van der Waals surface area contributed by atoms with E-state index in [4.69, 9.17) is 9.72 Å². The van der Waals surface area contributed by atoms with Crippen molar-refractivity contribution >= 4 is 54.7 Å². The molecule has 200 valence electrons. The standard InChI is InChI=1S/C29H26Br2N4O4/c1-18-7-9-19(10-8-18)17-39-27-24(31)13-20(14-26(27)35(37)38)16-32-34-28(21-5-3-2-4-6-21)33-25-12-11-22(30)15-23(25)29(34)36/h7-16,21H,2-6,17H2,1H3. The Labute approximate surface area is 242 Å². The number of rotatable bonds is 7. The Morgan fingerprint density at radius 1 is 1.10 bits per heavy atom. The van der Waals surface area contributed by atoms with Crippen molar-refractivity contribution in [2.45, 2.75) is 51.6 Å². The van der Waals surface area contributed by atoms with Crippen molar-refractivity contribution in [1.29, 1.82) is 0 Å². The van der Waals surface area contributed by atoms with Crippen LogP contribution in [0.25, 0.3) is 10.9 Å². The lowest BCUT2D eigenvalue weighted by atomic mass is 9.88. The molecule has 1 fully saturated rings. The van der Waals surface area contributed by atoms with E-state index in [2.05, 4.69) is 37.0 Å². The van der Waals surface area contributed by atoms with Gasteiger partial charge in [0.05, 0.1) is 26.5 Å². The molecular formula is C29H26Br2N4O4. The first-order valence-electron chi connectivity index (χ1n) is 12.7. The van der Waals surface area contributed by atoms with Gasteiger partial charge in [-0.25, -0.2) is 4.98 Å².